The Morgan fingerprint density at radius 1 is 1.28 bits per heavy atom. The highest BCUT2D eigenvalue weighted by atomic mass is 35.5. The maximum Gasteiger partial charge on any atom is 0.0894 e. The fourth-order valence-corrected chi connectivity index (χ4v) is 3.01. The lowest BCUT2D eigenvalue weighted by molar-refractivity contribution is 0.666. The highest BCUT2D eigenvalue weighted by molar-refractivity contribution is 6.35. The number of aryl methyl sites for hydroxylation is 1. The largest absolute Gasteiger partial charge is 0.251 e. The predicted octanol–water partition coefficient (Wildman–Crippen LogP) is 3.83. The van der Waals surface area contributed by atoms with Crippen LogP contribution in [-0.2, 0) is 19.3 Å². The Balaban J connectivity index is 2.37. The van der Waals surface area contributed by atoms with E-state index >= 15 is 0 Å². The summed E-state index contributed by atoms with van der Waals surface area (Å²) < 4.78 is 0. The van der Waals surface area contributed by atoms with Gasteiger partial charge < -0.3 is 0 Å². The van der Waals surface area contributed by atoms with E-state index < -0.39 is 0 Å². The molecule has 2 aromatic rings. The Labute approximate surface area is 111 Å². The minimum Gasteiger partial charge on any atom is -0.251 e. The van der Waals surface area contributed by atoms with Crippen molar-refractivity contribution in [1.82, 2.24) is 4.98 Å². The molecule has 0 unspecified atom stereocenters. The molecule has 18 heavy (non-hydrogen) atoms. The molecule has 90 valence electrons. The van der Waals surface area contributed by atoms with Crippen LogP contribution in [0.1, 0.15) is 29.7 Å². The molecule has 3 heteroatoms. The molecule has 1 aliphatic carbocycles. The molecule has 0 bridgehead atoms. The van der Waals surface area contributed by atoms with Crippen molar-refractivity contribution >= 4 is 22.5 Å². The Hall–Kier alpha value is -1.59. The molecular formula is C15H13ClN2. The molecule has 0 N–H and O–H groups in total. The molecule has 1 aromatic heterocycles. The van der Waals surface area contributed by atoms with Crippen molar-refractivity contribution in [2.75, 3.05) is 0 Å². The number of fused-ring (bicyclic) bond motifs is 2. The molecule has 1 heterocycles. The second-order valence-corrected chi connectivity index (χ2v) is 5.10. The molecule has 1 aromatic carbocycles. The van der Waals surface area contributed by atoms with Gasteiger partial charge in [0.1, 0.15) is 0 Å². The number of nitriles is 1. The van der Waals surface area contributed by atoms with Gasteiger partial charge in [-0.1, -0.05) is 23.7 Å². The van der Waals surface area contributed by atoms with Crippen LogP contribution in [0.3, 0.4) is 0 Å². The van der Waals surface area contributed by atoms with Gasteiger partial charge in [0, 0.05) is 11.1 Å². The first kappa shape index (κ1) is 11.5. The second-order valence-electron chi connectivity index (χ2n) is 4.69. The molecule has 0 amide bonds. The van der Waals surface area contributed by atoms with E-state index in [1.54, 1.807) is 0 Å². The third-order valence-corrected chi connectivity index (χ3v) is 3.92. The van der Waals surface area contributed by atoms with Crippen molar-refractivity contribution in [3.63, 3.8) is 0 Å². The van der Waals surface area contributed by atoms with Crippen molar-refractivity contribution in [3.8, 4) is 6.07 Å². The zero-order valence-corrected chi connectivity index (χ0v) is 10.8. The smallest absolute Gasteiger partial charge is 0.0894 e. The molecule has 0 spiro atoms. The van der Waals surface area contributed by atoms with E-state index in [9.17, 15) is 0 Å². The Morgan fingerprint density at radius 2 is 2.11 bits per heavy atom. The molecule has 0 radical (unpaired) electrons. The average molecular weight is 257 g/mol. The highest BCUT2D eigenvalue weighted by Gasteiger charge is 2.18. The van der Waals surface area contributed by atoms with Gasteiger partial charge in [-0.15, -0.1) is 0 Å². The number of halogens is 1. The summed E-state index contributed by atoms with van der Waals surface area (Å²) in [5, 5.41) is 10.8. The van der Waals surface area contributed by atoms with Crippen molar-refractivity contribution in [1.29, 1.82) is 5.26 Å². The number of hydrogen-bond donors (Lipinski definition) is 0. The lowest BCUT2D eigenvalue weighted by atomic mass is 9.89. The van der Waals surface area contributed by atoms with Gasteiger partial charge in [-0.05, 0) is 42.9 Å². The number of aromatic nitrogens is 1. The molecule has 0 atom stereocenters. The van der Waals surface area contributed by atoms with E-state index in [0.717, 1.165) is 35.0 Å². The first-order valence-corrected chi connectivity index (χ1v) is 6.65. The van der Waals surface area contributed by atoms with E-state index in [0.29, 0.717) is 11.4 Å². The standard InChI is InChI=1S/C15H13ClN2/c16-13-6-3-5-12-10(8-9-17)11-4-1-2-7-14(11)18-15(12)13/h3,5-6H,1-2,4,7-8H2. The molecule has 0 saturated heterocycles. The third kappa shape index (κ3) is 1.76. The lowest BCUT2D eigenvalue weighted by Gasteiger charge is -2.19. The van der Waals surface area contributed by atoms with Gasteiger partial charge in [0.2, 0.25) is 0 Å². The minimum atomic E-state index is 0.446. The molecule has 0 fully saturated rings. The zero-order chi connectivity index (χ0) is 12.5. The molecular weight excluding hydrogens is 244 g/mol. The number of pyridine rings is 1. The van der Waals surface area contributed by atoms with Crippen LogP contribution in [-0.4, -0.2) is 4.98 Å². The molecule has 3 rings (SSSR count). The maximum atomic E-state index is 9.05. The number of para-hydroxylation sites is 1. The van der Waals surface area contributed by atoms with Crippen molar-refractivity contribution < 1.29 is 0 Å². The first-order valence-electron chi connectivity index (χ1n) is 6.27. The average Bonchev–Trinajstić information content (AvgIpc) is 2.40. The van der Waals surface area contributed by atoms with E-state index in [-0.39, 0.29) is 0 Å². The minimum absolute atomic E-state index is 0.446. The van der Waals surface area contributed by atoms with E-state index in [1.165, 1.54) is 18.4 Å². The summed E-state index contributed by atoms with van der Waals surface area (Å²) in [5.41, 5.74) is 4.43. The van der Waals surface area contributed by atoms with Crippen LogP contribution in [0.5, 0.6) is 0 Å². The monoisotopic (exact) mass is 256 g/mol. The Morgan fingerprint density at radius 3 is 2.94 bits per heavy atom. The van der Waals surface area contributed by atoms with E-state index in [4.69, 9.17) is 21.8 Å². The van der Waals surface area contributed by atoms with Gasteiger partial charge in [-0.2, -0.15) is 5.26 Å². The van der Waals surface area contributed by atoms with Gasteiger partial charge >= 0.3 is 0 Å². The number of benzene rings is 1. The van der Waals surface area contributed by atoms with Crippen LogP contribution in [0.15, 0.2) is 18.2 Å². The summed E-state index contributed by atoms with van der Waals surface area (Å²) in [6, 6.07) is 8.09. The number of rotatable bonds is 1. The SMILES string of the molecule is N#CCc1c2c(nc3c(Cl)cccc13)CCCC2. The van der Waals surface area contributed by atoms with Crippen molar-refractivity contribution in [2.24, 2.45) is 0 Å². The zero-order valence-electron chi connectivity index (χ0n) is 10.0. The summed E-state index contributed by atoms with van der Waals surface area (Å²) in [4.78, 5) is 4.72. The third-order valence-electron chi connectivity index (χ3n) is 3.62. The van der Waals surface area contributed by atoms with E-state index in [2.05, 4.69) is 6.07 Å². The Kier molecular flexibility index (Phi) is 2.93. The fourth-order valence-electron chi connectivity index (χ4n) is 2.79. The van der Waals surface area contributed by atoms with Crippen molar-refractivity contribution in [3.05, 3.63) is 40.0 Å². The summed E-state index contributed by atoms with van der Waals surface area (Å²) >= 11 is 6.23. The molecule has 2 nitrogen and oxygen atoms in total. The number of nitrogens with zero attached hydrogens (tertiary/aromatic N) is 2. The summed E-state index contributed by atoms with van der Waals surface area (Å²) in [6.07, 6.45) is 4.87. The van der Waals surface area contributed by atoms with Crippen LogP contribution in [0, 0.1) is 11.3 Å². The normalized spacial score (nSPS) is 14.2. The Bertz CT molecular complexity index is 656. The van der Waals surface area contributed by atoms with Gasteiger partial charge in [-0.25, -0.2) is 0 Å². The van der Waals surface area contributed by atoms with Crippen LogP contribution in [0.2, 0.25) is 5.02 Å². The van der Waals surface area contributed by atoms with Gasteiger partial charge in [0.25, 0.3) is 0 Å². The summed E-state index contributed by atoms with van der Waals surface area (Å²) in [7, 11) is 0. The molecule has 0 saturated carbocycles. The molecule has 1 aliphatic rings. The quantitative estimate of drug-likeness (QED) is 0.777. The number of hydrogen-bond acceptors (Lipinski definition) is 2. The van der Waals surface area contributed by atoms with Crippen molar-refractivity contribution in [2.45, 2.75) is 32.1 Å². The molecule has 0 aliphatic heterocycles. The lowest BCUT2D eigenvalue weighted by Crippen LogP contribution is -2.09. The summed E-state index contributed by atoms with van der Waals surface area (Å²) in [6.45, 7) is 0. The summed E-state index contributed by atoms with van der Waals surface area (Å²) in [5.74, 6) is 0. The predicted molar refractivity (Wildman–Crippen MR) is 72.7 cm³/mol. The fraction of sp³-hybridized carbons (Fsp3) is 0.333. The van der Waals surface area contributed by atoms with Gasteiger partial charge in [0.15, 0.2) is 0 Å². The van der Waals surface area contributed by atoms with Crippen LogP contribution in [0.4, 0.5) is 0 Å². The van der Waals surface area contributed by atoms with Crippen LogP contribution < -0.4 is 0 Å². The van der Waals surface area contributed by atoms with Gasteiger partial charge in [-0.3, -0.25) is 4.98 Å². The first-order chi connectivity index (χ1) is 8.81. The van der Waals surface area contributed by atoms with Gasteiger partial charge in [0.05, 0.1) is 23.0 Å². The maximum absolute atomic E-state index is 9.05. The topological polar surface area (TPSA) is 36.7 Å². The van der Waals surface area contributed by atoms with Crippen LogP contribution >= 0.6 is 11.6 Å². The second kappa shape index (κ2) is 4.59. The van der Waals surface area contributed by atoms with Crippen LogP contribution in [0.25, 0.3) is 10.9 Å². The highest BCUT2D eigenvalue weighted by Crippen LogP contribution is 2.32. The van der Waals surface area contributed by atoms with E-state index in [1.807, 2.05) is 18.2 Å².